The summed E-state index contributed by atoms with van der Waals surface area (Å²) in [7, 11) is 0. The second-order valence-electron chi connectivity index (χ2n) is 5.15. The summed E-state index contributed by atoms with van der Waals surface area (Å²) >= 11 is 1.90. The quantitative estimate of drug-likeness (QED) is 0.857. The molecule has 110 valence electrons. The van der Waals surface area contributed by atoms with Crippen molar-refractivity contribution in [3.8, 4) is 0 Å². The Morgan fingerprint density at radius 1 is 1.10 bits per heavy atom. The Kier molecular flexibility index (Phi) is 4.56. The third-order valence-corrected chi connectivity index (χ3v) is 4.87. The number of benzene rings is 2. The number of hydrogen-bond acceptors (Lipinski definition) is 2. The van der Waals surface area contributed by atoms with Crippen molar-refractivity contribution in [1.82, 2.24) is 5.32 Å². The van der Waals surface area contributed by atoms with E-state index in [1.807, 2.05) is 11.8 Å². The first-order valence-corrected chi connectivity index (χ1v) is 8.04. The Labute approximate surface area is 127 Å². The molecule has 0 radical (unpaired) electrons. The molecule has 1 nitrogen and oxygen atoms in total. The highest BCUT2D eigenvalue weighted by Gasteiger charge is 2.19. The monoisotopic (exact) mass is 305 g/mol. The molecule has 0 saturated carbocycles. The second-order valence-corrected chi connectivity index (χ2v) is 6.29. The summed E-state index contributed by atoms with van der Waals surface area (Å²) in [6, 6.07) is 15.4. The predicted octanol–water partition coefficient (Wildman–Crippen LogP) is 4.95. The fourth-order valence-corrected chi connectivity index (χ4v) is 3.70. The summed E-state index contributed by atoms with van der Waals surface area (Å²) in [6.07, 6.45) is -1.30. The Balaban J connectivity index is 1.66. The molecular formula is C17H17F2NS. The van der Waals surface area contributed by atoms with E-state index < -0.39 is 6.43 Å². The molecule has 4 heteroatoms. The van der Waals surface area contributed by atoms with Crippen LogP contribution in [0.15, 0.2) is 53.4 Å². The molecule has 0 bridgehead atoms. The minimum atomic E-state index is -2.39. The van der Waals surface area contributed by atoms with Crippen LogP contribution in [0.25, 0.3) is 0 Å². The summed E-state index contributed by atoms with van der Waals surface area (Å²) < 4.78 is 25.0. The Hall–Kier alpha value is -1.39. The van der Waals surface area contributed by atoms with Gasteiger partial charge < -0.3 is 5.32 Å². The van der Waals surface area contributed by atoms with Crippen LogP contribution in [0.3, 0.4) is 0 Å². The molecule has 2 aromatic carbocycles. The highest BCUT2D eigenvalue weighted by molar-refractivity contribution is 7.99. The van der Waals surface area contributed by atoms with Crippen molar-refractivity contribution in [3.63, 3.8) is 0 Å². The van der Waals surface area contributed by atoms with Crippen LogP contribution in [-0.4, -0.2) is 5.75 Å². The minimum absolute atomic E-state index is 0.0816. The molecule has 0 fully saturated rings. The zero-order chi connectivity index (χ0) is 14.7. The van der Waals surface area contributed by atoms with Gasteiger partial charge in [-0.25, -0.2) is 8.78 Å². The van der Waals surface area contributed by atoms with Crippen LogP contribution in [-0.2, 0) is 6.54 Å². The van der Waals surface area contributed by atoms with E-state index in [9.17, 15) is 8.78 Å². The molecule has 1 heterocycles. The van der Waals surface area contributed by atoms with Gasteiger partial charge in [-0.3, -0.25) is 0 Å². The van der Waals surface area contributed by atoms with E-state index in [1.165, 1.54) is 22.6 Å². The number of alkyl halides is 2. The first-order valence-electron chi connectivity index (χ1n) is 7.06. The standard InChI is InChI=1S/C17H17F2NS/c18-17(19)13-7-5-12(6-8-13)11-20-15-9-10-21-16-4-2-1-3-14(15)16/h1-8,15,17,20H,9-11H2. The molecule has 0 aliphatic carbocycles. The van der Waals surface area contributed by atoms with Crippen LogP contribution in [0, 0.1) is 0 Å². The van der Waals surface area contributed by atoms with Crippen LogP contribution in [0.5, 0.6) is 0 Å². The largest absolute Gasteiger partial charge is 0.306 e. The van der Waals surface area contributed by atoms with Gasteiger partial charge >= 0.3 is 0 Å². The van der Waals surface area contributed by atoms with Crippen molar-refractivity contribution in [2.45, 2.75) is 30.3 Å². The molecule has 0 amide bonds. The van der Waals surface area contributed by atoms with Crippen molar-refractivity contribution in [2.24, 2.45) is 0 Å². The summed E-state index contributed by atoms with van der Waals surface area (Å²) in [5.74, 6) is 1.11. The molecule has 1 N–H and O–H groups in total. The SMILES string of the molecule is FC(F)c1ccc(CNC2CCSc3ccccc32)cc1. The third-order valence-electron chi connectivity index (χ3n) is 3.74. The topological polar surface area (TPSA) is 12.0 Å². The van der Waals surface area contributed by atoms with Gasteiger partial charge in [-0.1, -0.05) is 42.5 Å². The van der Waals surface area contributed by atoms with E-state index >= 15 is 0 Å². The van der Waals surface area contributed by atoms with Crippen LogP contribution < -0.4 is 5.32 Å². The molecule has 0 aromatic heterocycles. The fourth-order valence-electron chi connectivity index (χ4n) is 2.58. The molecular weight excluding hydrogens is 288 g/mol. The van der Waals surface area contributed by atoms with Crippen molar-refractivity contribution >= 4 is 11.8 Å². The van der Waals surface area contributed by atoms with E-state index in [2.05, 4.69) is 29.6 Å². The lowest BCUT2D eigenvalue weighted by atomic mass is 10.0. The Morgan fingerprint density at radius 3 is 2.62 bits per heavy atom. The van der Waals surface area contributed by atoms with E-state index in [-0.39, 0.29) is 5.56 Å². The van der Waals surface area contributed by atoms with Crippen LogP contribution in [0.2, 0.25) is 0 Å². The van der Waals surface area contributed by atoms with Gasteiger partial charge in [0.2, 0.25) is 0 Å². The van der Waals surface area contributed by atoms with Gasteiger partial charge in [0, 0.05) is 23.0 Å². The molecule has 1 atom stereocenters. The predicted molar refractivity (Wildman–Crippen MR) is 82.8 cm³/mol. The second kappa shape index (κ2) is 6.58. The average Bonchev–Trinajstić information content (AvgIpc) is 2.53. The van der Waals surface area contributed by atoms with Crippen LogP contribution >= 0.6 is 11.8 Å². The molecule has 0 spiro atoms. The highest BCUT2D eigenvalue weighted by atomic mass is 32.2. The normalized spacial score (nSPS) is 17.8. The van der Waals surface area contributed by atoms with Gasteiger partial charge in [-0.05, 0) is 29.4 Å². The van der Waals surface area contributed by atoms with Crippen molar-refractivity contribution in [3.05, 3.63) is 65.2 Å². The highest BCUT2D eigenvalue weighted by Crippen LogP contribution is 2.35. The number of fused-ring (bicyclic) bond motifs is 1. The number of nitrogens with one attached hydrogen (secondary N) is 1. The van der Waals surface area contributed by atoms with Crippen molar-refractivity contribution in [1.29, 1.82) is 0 Å². The lowest BCUT2D eigenvalue weighted by molar-refractivity contribution is 0.151. The lowest BCUT2D eigenvalue weighted by Crippen LogP contribution is -2.24. The number of rotatable bonds is 4. The zero-order valence-electron chi connectivity index (χ0n) is 11.6. The van der Waals surface area contributed by atoms with Gasteiger partial charge in [0.05, 0.1) is 0 Å². The molecule has 3 rings (SSSR count). The first kappa shape index (κ1) is 14.5. The van der Waals surface area contributed by atoms with Gasteiger partial charge in [0.1, 0.15) is 0 Å². The maximum atomic E-state index is 12.5. The van der Waals surface area contributed by atoms with E-state index in [1.54, 1.807) is 12.1 Å². The van der Waals surface area contributed by atoms with Gasteiger partial charge in [-0.15, -0.1) is 11.8 Å². The maximum absolute atomic E-state index is 12.5. The van der Waals surface area contributed by atoms with Crippen molar-refractivity contribution < 1.29 is 8.78 Å². The summed E-state index contributed by atoms with van der Waals surface area (Å²) in [4.78, 5) is 1.34. The Bertz CT molecular complexity index is 598. The Morgan fingerprint density at radius 2 is 1.86 bits per heavy atom. The van der Waals surface area contributed by atoms with Crippen LogP contribution in [0.1, 0.15) is 35.6 Å². The summed E-state index contributed by atoms with van der Waals surface area (Å²) in [6.45, 7) is 0.702. The van der Waals surface area contributed by atoms with Gasteiger partial charge in [0.25, 0.3) is 6.43 Å². The van der Waals surface area contributed by atoms with Gasteiger partial charge in [-0.2, -0.15) is 0 Å². The lowest BCUT2D eigenvalue weighted by Gasteiger charge is -2.26. The van der Waals surface area contributed by atoms with Gasteiger partial charge in [0.15, 0.2) is 0 Å². The van der Waals surface area contributed by atoms with Crippen LogP contribution in [0.4, 0.5) is 8.78 Å². The molecule has 2 aromatic rings. The number of thioether (sulfide) groups is 1. The third kappa shape index (κ3) is 3.44. The average molecular weight is 305 g/mol. The first-order chi connectivity index (χ1) is 10.2. The molecule has 21 heavy (non-hydrogen) atoms. The molecule has 1 aliphatic rings. The smallest absolute Gasteiger partial charge is 0.263 e. The minimum Gasteiger partial charge on any atom is -0.306 e. The van der Waals surface area contributed by atoms with E-state index in [0.717, 1.165) is 17.7 Å². The summed E-state index contributed by atoms with van der Waals surface area (Å²) in [5, 5.41) is 3.54. The summed E-state index contributed by atoms with van der Waals surface area (Å²) in [5.41, 5.74) is 2.46. The number of halogens is 2. The molecule has 1 aliphatic heterocycles. The zero-order valence-corrected chi connectivity index (χ0v) is 12.4. The maximum Gasteiger partial charge on any atom is 0.263 e. The fraction of sp³-hybridized carbons (Fsp3) is 0.294. The van der Waals surface area contributed by atoms with E-state index in [0.29, 0.717) is 12.6 Å². The molecule has 1 unspecified atom stereocenters. The number of hydrogen-bond donors (Lipinski definition) is 1. The molecule has 0 saturated heterocycles. The van der Waals surface area contributed by atoms with Crippen molar-refractivity contribution in [2.75, 3.05) is 5.75 Å². The van der Waals surface area contributed by atoms with E-state index in [4.69, 9.17) is 0 Å².